The minimum Gasteiger partial charge on any atom is -0.199 e. The number of hydrogen-bond donors (Lipinski definition) is 0. The number of halogens is 9. The fourth-order valence-corrected chi connectivity index (χ4v) is 16.2. The summed E-state index contributed by atoms with van der Waals surface area (Å²) in [5.41, 5.74) is 2.80. The Kier molecular flexibility index (Phi) is 10.5. The van der Waals surface area contributed by atoms with Gasteiger partial charge in [-0.25, -0.2) is 0 Å². The molecule has 4 nitrogen and oxygen atoms in total. The molecule has 0 amide bonds. The van der Waals surface area contributed by atoms with Crippen molar-refractivity contribution in [1.29, 1.82) is 0 Å². The van der Waals surface area contributed by atoms with Crippen molar-refractivity contribution in [2.24, 2.45) is 21.7 Å². The van der Waals surface area contributed by atoms with Gasteiger partial charge in [-0.3, -0.25) is 0 Å². The van der Waals surface area contributed by atoms with Gasteiger partial charge in [-0.15, -0.1) is 45.3 Å². The normalized spacial score (nSPS) is 19.1. The molecule has 12 rings (SSSR count). The fourth-order valence-electron chi connectivity index (χ4n) is 11.1. The van der Waals surface area contributed by atoms with Gasteiger partial charge < -0.3 is 0 Å². The van der Waals surface area contributed by atoms with Crippen LogP contribution >= 0.6 is 45.3 Å². The van der Waals surface area contributed by atoms with E-state index in [4.69, 9.17) is 0 Å². The topological polar surface area (TPSA) is 15.9 Å². The average Bonchev–Trinajstić information content (AvgIpc) is 4.13. The summed E-state index contributed by atoms with van der Waals surface area (Å²) in [5.74, 6) is -1.24. The van der Waals surface area contributed by atoms with Crippen LogP contribution in [0, 0.1) is 21.7 Å². The van der Waals surface area contributed by atoms with Crippen molar-refractivity contribution < 1.29 is 48.7 Å². The van der Waals surface area contributed by atoms with Crippen LogP contribution in [0.15, 0.2) is 84.2 Å². The Hall–Kier alpha value is -5.23. The first kappa shape index (κ1) is 49.6. The molecule has 0 radical (unpaired) electrons. The monoisotopic (exact) mass is 1090 g/mol. The Labute approximate surface area is 438 Å². The van der Waals surface area contributed by atoms with Crippen molar-refractivity contribution in [3.63, 3.8) is 0 Å². The summed E-state index contributed by atoms with van der Waals surface area (Å²) in [6, 6.07) is 19.7. The maximum Gasteiger partial charge on any atom is 0.553 e. The molecule has 12 heterocycles. The molecule has 6 aliphatic heterocycles. The summed E-state index contributed by atoms with van der Waals surface area (Å²) >= 11 is 5.75. The summed E-state index contributed by atoms with van der Waals surface area (Å²) in [6.07, 6.45) is -0.180. The van der Waals surface area contributed by atoms with E-state index in [2.05, 4.69) is 99.8 Å². The predicted molar refractivity (Wildman–Crippen MR) is 282 cm³/mol. The lowest BCUT2D eigenvalue weighted by Crippen LogP contribution is -2.69. The van der Waals surface area contributed by atoms with Gasteiger partial charge in [-0.1, -0.05) is 71.5 Å². The molecule has 0 saturated carbocycles. The molecule has 0 aliphatic carbocycles. The molecule has 0 aromatic carbocycles. The fraction of sp³-hybridized carbons (Fsp3) is 0.368. The molecular weight excluding hydrogens is 1040 g/mol. The van der Waals surface area contributed by atoms with E-state index in [1.54, 1.807) is 29.5 Å². The first-order valence-corrected chi connectivity index (χ1v) is 27.6. The Balaban J connectivity index is 1.11. The van der Waals surface area contributed by atoms with E-state index in [0.29, 0.717) is 14.6 Å². The van der Waals surface area contributed by atoms with Crippen LogP contribution in [-0.4, -0.2) is 48.2 Å². The Morgan fingerprint density at radius 2 is 0.959 bits per heavy atom. The summed E-state index contributed by atoms with van der Waals surface area (Å²) in [4.78, 5) is 6.48. The molecule has 384 valence electrons. The van der Waals surface area contributed by atoms with Crippen LogP contribution in [0.3, 0.4) is 0 Å². The molecule has 6 aliphatic rings. The molecule has 6 aromatic rings. The quantitative estimate of drug-likeness (QED) is 0.0908. The zero-order valence-electron chi connectivity index (χ0n) is 41.9. The van der Waals surface area contributed by atoms with Crippen LogP contribution < -0.4 is 10.7 Å². The zero-order valence-corrected chi connectivity index (χ0v) is 45.2. The van der Waals surface area contributed by atoms with E-state index in [9.17, 15) is 39.5 Å². The molecule has 74 heavy (non-hydrogen) atoms. The van der Waals surface area contributed by atoms with E-state index >= 15 is 0 Å². The third-order valence-corrected chi connectivity index (χ3v) is 19.6. The van der Waals surface area contributed by atoms with Gasteiger partial charge >= 0.3 is 24.4 Å². The minimum atomic E-state index is -4.42. The largest absolute Gasteiger partial charge is 0.553 e. The highest BCUT2D eigenvalue weighted by Crippen LogP contribution is 2.54. The van der Waals surface area contributed by atoms with E-state index in [0.717, 1.165) is 93.1 Å². The highest BCUT2D eigenvalue weighted by molar-refractivity contribution is 7.16. The number of thiophene rings is 4. The summed E-state index contributed by atoms with van der Waals surface area (Å²) in [6.45, 7) is 13.9. The minimum absolute atomic E-state index is 0.0432. The van der Waals surface area contributed by atoms with Crippen LogP contribution in [0.1, 0.15) is 103 Å². The van der Waals surface area contributed by atoms with Crippen molar-refractivity contribution in [3.05, 3.63) is 136 Å². The number of rotatable bonds is 11. The van der Waals surface area contributed by atoms with E-state index in [1.165, 1.54) is 80.4 Å². The smallest absolute Gasteiger partial charge is 0.199 e. The summed E-state index contributed by atoms with van der Waals surface area (Å²) in [7, 11) is 0. The number of hydrogen-bond acceptors (Lipinski definition) is 4. The third kappa shape index (κ3) is 7.38. The lowest BCUT2D eigenvalue weighted by molar-refractivity contribution is -0.833. The molecule has 0 saturated heterocycles. The van der Waals surface area contributed by atoms with Gasteiger partial charge in [0.2, 0.25) is 22.8 Å². The van der Waals surface area contributed by atoms with E-state index < -0.39 is 40.7 Å². The molecule has 17 heteroatoms. The van der Waals surface area contributed by atoms with Gasteiger partial charge in [0.15, 0.2) is 0 Å². The lowest BCUT2D eigenvalue weighted by atomic mass is 9.88. The van der Waals surface area contributed by atoms with Crippen molar-refractivity contribution in [3.8, 4) is 20.9 Å². The second-order valence-corrected chi connectivity index (χ2v) is 28.1. The highest BCUT2D eigenvalue weighted by atomic mass is 32.1. The van der Waals surface area contributed by atoms with Crippen LogP contribution in [0.5, 0.6) is 0 Å². The van der Waals surface area contributed by atoms with Crippen LogP contribution in [0.25, 0.3) is 56.3 Å². The van der Waals surface area contributed by atoms with Crippen LogP contribution in [-0.2, 0) is 31.6 Å². The second kappa shape index (κ2) is 15.7. The van der Waals surface area contributed by atoms with Gasteiger partial charge in [0.1, 0.15) is 0 Å². The maximum absolute atomic E-state index is 14.3. The van der Waals surface area contributed by atoms with E-state index in [1.807, 2.05) is 18.2 Å². The van der Waals surface area contributed by atoms with Crippen LogP contribution in [0.2, 0.25) is 0 Å². The number of alkyl halides is 9. The van der Waals surface area contributed by atoms with Gasteiger partial charge in [-0.2, -0.15) is 48.6 Å². The Morgan fingerprint density at radius 1 is 0.473 bits per heavy atom. The van der Waals surface area contributed by atoms with Gasteiger partial charge in [0, 0.05) is 86.6 Å². The lowest BCUT2D eigenvalue weighted by Gasteiger charge is -2.37. The van der Waals surface area contributed by atoms with Gasteiger partial charge in [0.25, 0.3) is 0 Å². The van der Waals surface area contributed by atoms with Crippen molar-refractivity contribution >= 4 is 92.2 Å². The summed E-state index contributed by atoms with van der Waals surface area (Å²) in [5, 5.41) is 1.63. The second-order valence-electron chi connectivity index (χ2n) is 23.5. The molecule has 0 bridgehead atoms. The van der Waals surface area contributed by atoms with Crippen LogP contribution in [0.4, 0.5) is 39.5 Å². The first-order valence-electron chi connectivity index (χ1n) is 24.4. The zero-order chi connectivity index (χ0) is 52.8. The van der Waals surface area contributed by atoms with E-state index in [-0.39, 0.29) is 24.7 Å². The third-order valence-electron chi connectivity index (χ3n) is 15.2. The number of nitrogens with zero attached hydrogens (tertiary/aromatic N) is 4. The Bertz CT molecular complexity index is 3770. The predicted octanol–water partition coefficient (Wildman–Crippen LogP) is 15.4. The molecule has 1 atom stereocenters. The molecule has 1 spiro atoms. The van der Waals surface area contributed by atoms with Crippen molar-refractivity contribution in [2.45, 2.75) is 112 Å². The SMILES string of the molecule is CC(C)(C)Cc1ccc(-c2cc3n4c2C=C2C=C(c5ccc(CC(C)(C)C(F)(F)F)s5)C5=[N+]2C42n4c(cc(-c6ccc(CC(C)(C)C(F)(F)F)s6)c4=CC4=[N+]2C(=C3)C(c2ccc(CC(C)(C)C(F)(F)F)s2)=C4)=C5)s1. The number of aromatic nitrogens is 2. The van der Waals surface area contributed by atoms with Gasteiger partial charge in [0.05, 0.1) is 49.5 Å². The summed E-state index contributed by atoms with van der Waals surface area (Å²) < 4.78 is 138. The molecular formula is C57H51F9N4S4+2. The van der Waals surface area contributed by atoms with Crippen molar-refractivity contribution in [2.75, 3.05) is 0 Å². The Morgan fingerprint density at radius 3 is 1.49 bits per heavy atom. The number of allylic oxidation sites excluding steroid dienone is 4. The molecule has 6 aromatic heterocycles. The highest BCUT2D eigenvalue weighted by Gasteiger charge is 2.72. The molecule has 1 unspecified atom stereocenters. The standard InChI is InChI=1S/C57H51F9N4S4/c1-50(2,3)26-34-10-14-46(71-34)38-18-30-23-43-40(48-16-12-36(73-48)28-52(6,7)55(61,62)63)20-32-25-45-41(49-17-13-37(74-49)29-53(8,9)56(64,65)66)21-33-24-44-39(47-15-11-35(72-47)27-51(4,5)54(58,59)60)19-31-22-42(38)67(30)57(68(31)44,69(32)43)70(33)45/h10-25H,26-29H2,1-9H3/q+2. The van der Waals surface area contributed by atoms with Crippen molar-refractivity contribution in [1.82, 2.24) is 9.13 Å². The average molecular weight is 1090 g/mol. The molecule has 0 fully saturated rings. The van der Waals surface area contributed by atoms with Gasteiger partial charge in [-0.05, 0) is 91.8 Å². The molecule has 0 N–H and O–H groups in total. The maximum atomic E-state index is 14.3. The first-order chi connectivity index (χ1) is 34.3.